The van der Waals surface area contributed by atoms with Crippen LogP contribution in [0.5, 0.6) is 0 Å². The van der Waals surface area contributed by atoms with Crippen molar-refractivity contribution in [3.63, 3.8) is 0 Å². The van der Waals surface area contributed by atoms with E-state index in [0.717, 1.165) is 18.8 Å². The summed E-state index contributed by atoms with van der Waals surface area (Å²) in [6.07, 6.45) is 9.79. The molecule has 0 unspecified atom stereocenters. The molecule has 0 saturated heterocycles. The first-order chi connectivity index (χ1) is 7.57. The smallest absolute Gasteiger partial charge is 0.748 e. The van der Waals surface area contributed by atoms with Crippen LogP contribution in [0.15, 0.2) is 0 Å². The van der Waals surface area contributed by atoms with E-state index in [1.54, 1.807) is 0 Å². The van der Waals surface area contributed by atoms with Crippen LogP contribution in [0.4, 0.5) is 0 Å². The Morgan fingerprint density at radius 1 is 0.765 bits per heavy atom. The maximum atomic E-state index is 10.9. The molecule has 2 aliphatic carbocycles. The van der Waals surface area contributed by atoms with E-state index in [-0.39, 0.29) is 18.9 Å². The summed E-state index contributed by atoms with van der Waals surface area (Å²) in [5.74, 6) is 1.50. The quantitative estimate of drug-likeness (QED) is 0.500. The minimum absolute atomic E-state index is 0. The second kappa shape index (κ2) is 6.61. The average molecular weight is 252 g/mol. The van der Waals surface area contributed by atoms with Crippen molar-refractivity contribution in [2.24, 2.45) is 11.8 Å². The van der Waals surface area contributed by atoms with Crippen molar-refractivity contribution < 1.29 is 31.8 Å². The van der Waals surface area contributed by atoms with Crippen LogP contribution in [0.3, 0.4) is 0 Å². The summed E-state index contributed by atoms with van der Waals surface area (Å²) in [4.78, 5) is 0. The third kappa shape index (κ3) is 4.28. The molecule has 0 aromatic carbocycles. The van der Waals surface area contributed by atoms with E-state index < -0.39 is 15.4 Å². The first-order valence-corrected chi connectivity index (χ1v) is 7.99. The molecule has 0 amide bonds. The Bertz CT molecular complexity index is 315. The van der Waals surface area contributed by atoms with Gasteiger partial charge in [-0.1, -0.05) is 32.1 Å². The van der Waals surface area contributed by atoms with Crippen LogP contribution in [0.1, 0.15) is 57.8 Å². The van der Waals surface area contributed by atoms with Crippen LogP contribution in [-0.2, 0) is 10.1 Å². The molecule has 0 radical (unpaired) electrons. The molecular weight excluding hydrogens is 231 g/mol. The van der Waals surface area contributed by atoms with E-state index >= 15 is 0 Å². The van der Waals surface area contributed by atoms with Crippen LogP contribution in [0.25, 0.3) is 0 Å². The van der Waals surface area contributed by atoms with Gasteiger partial charge in [-0.05, 0) is 37.5 Å². The fourth-order valence-corrected chi connectivity index (χ4v) is 4.30. The number of rotatable bonds is 2. The van der Waals surface area contributed by atoms with Gasteiger partial charge >= 0.3 is 18.9 Å². The van der Waals surface area contributed by atoms with Crippen molar-refractivity contribution in [2.75, 3.05) is 0 Å². The molecular formula is C12H21LiO3S. The van der Waals surface area contributed by atoms with Gasteiger partial charge in [0.25, 0.3) is 0 Å². The van der Waals surface area contributed by atoms with Gasteiger partial charge in [0.15, 0.2) is 0 Å². The van der Waals surface area contributed by atoms with Gasteiger partial charge in [-0.2, -0.15) is 0 Å². The van der Waals surface area contributed by atoms with Gasteiger partial charge in [-0.25, -0.2) is 8.42 Å². The molecule has 0 aromatic rings. The normalized spacial score (nSPS) is 31.8. The molecule has 2 saturated carbocycles. The van der Waals surface area contributed by atoms with Gasteiger partial charge in [0.05, 0.1) is 10.1 Å². The predicted molar refractivity (Wildman–Crippen MR) is 62.0 cm³/mol. The largest absolute Gasteiger partial charge is 1.00 e. The van der Waals surface area contributed by atoms with Gasteiger partial charge in [0.2, 0.25) is 0 Å². The summed E-state index contributed by atoms with van der Waals surface area (Å²) >= 11 is 0. The second-order valence-electron chi connectivity index (χ2n) is 5.43. The Balaban J connectivity index is 0.00000144. The van der Waals surface area contributed by atoms with Crippen molar-refractivity contribution in [1.29, 1.82) is 0 Å². The fourth-order valence-electron chi connectivity index (χ4n) is 3.45. The number of hydrogen-bond acceptors (Lipinski definition) is 3. The monoisotopic (exact) mass is 252 g/mol. The third-order valence-corrected chi connectivity index (χ3v) is 5.73. The molecule has 2 fully saturated rings. The third-order valence-electron chi connectivity index (χ3n) is 4.44. The van der Waals surface area contributed by atoms with Gasteiger partial charge in [0.1, 0.15) is 0 Å². The van der Waals surface area contributed by atoms with E-state index in [4.69, 9.17) is 0 Å². The van der Waals surface area contributed by atoms with E-state index in [1.807, 2.05) is 0 Å². The standard InChI is InChI=1S/C12H22O3S.Li/c13-16(14,15)12-8-6-11(7-9-12)10-4-2-1-3-5-10;/h10-12H,1-9H2,(H,13,14,15);/q;+1/p-1. The Kier molecular flexibility index (Phi) is 6.05. The van der Waals surface area contributed by atoms with E-state index in [2.05, 4.69) is 0 Å². The van der Waals surface area contributed by atoms with Crippen LogP contribution in [0.2, 0.25) is 0 Å². The molecule has 0 heterocycles. The van der Waals surface area contributed by atoms with Crippen LogP contribution in [0, 0.1) is 11.8 Å². The molecule has 2 rings (SSSR count). The zero-order chi connectivity index (χ0) is 11.6. The molecule has 0 N–H and O–H groups in total. The van der Waals surface area contributed by atoms with Crippen LogP contribution < -0.4 is 18.9 Å². The van der Waals surface area contributed by atoms with Gasteiger partial charge in [-0.3, -0.25) is 0 Å². The first-order valence-electron chi connectivity index (χ1n) is 6.52. The van der Waals surface area contributed by atoms with Crippen molar-refractivity contribution >= 4 is 10.1 Å². The zero-order valence-electron chi connectivity index (χ0n) is 10.7. The summed E-state index contributed by atoms with van der Waals surface area (Å²) in [7, 11) is -4.03. The molecule has 17 heavy (non-hydrogen) atoms. The summed E-state index contributed by atoms with van der Waals surface area (Å²) in [5, 5.41) is -0.590. The Hall–Kier alpha value is 0.507. The Morgan fingerprint density at radius 3 is 1.71 bits per heavy atom. The van der Waals surface area contributed by atoms with Gasteiger partial charge in [0, 0.05) is 5.25 Å². The molecule has 0 aromatic heterocycles. The molecule has 3 nitrogen and oxygen atoms in total. The zero-order valence-corrected chi connectivity index (χ0v) is 11.5. The van der Waals surface area contributed by atoms with E-state index in [1.165, 1.54) is 32.1 Å². The molecule has 0 aliphatic heterocycles. The van der Waals surface area contributed by atoms with Crippen molar-refractivity contribution in [3.8, 4) is 0 Å². The predicted octanol–water partition coefficient (Wildman–Crippen LogP) is -0.325. The molecule has 2 aliphatic rings. The van der Waals surface area contributed by atoms with E-state index in [0.29, 0.717) is 18.8 Å². The van der Waals surface area contributed by atoms with Crippen molar-refractivity contribution in [3.05, 3.63) is 0 Å². The second-order valence-corrected chi connectivity index (χ2v) is 7.08. The first kappa shape index (κ1) is 15.6. The summed E-state index contributed by atoms with van der Waals surface area (Å²) in [6, 6.07) is 0. The topological polar surface area (TPSA) is 57.2 Å². The molecule has 94 valence electrons. The summed E-state index contributed by atoms with van der Waals surface area (Å²) in [5.41, 5.74) is 0. The molecule has 0 atom stereocenters. The fraction of sp³-hybridized carbons (Fsp3) is 1.00. The summed E-state index contributed by atoms with van der Waals surface area (Å²) < 4.78 is 32.7. The Labute approximate surface area is 117 Å². The summed E-state index contributed by atoms with van der Waals surface area (Å²) in [6.45, 7) is 0. The molecule has 0 spiro atoms. The van der Waals surface area contributed by atoms with Gasteiger partial charge < -0.3 is 4.55 Å². The minimum Gasteiger partial charge on any atom is -0.748 e. The Morgan fingerprint density at radius 2 is 1.24 bits per heavy atom. The number of hydrogen-bond donors (Lipinski definition) is 0. The molecule has 5 heteroatoms. The molecule has 0 bridgehead atoms. The van der Waals surface area contributed by atoms with Gasteiger partial charge in [-0.15, -0.1) is 0 Å². The van der Waals surface area contributed by atoms with Crippen molar-refractivity contribution in [1.82, 2.24) is 0 Å². The SMILES string of the molecule is O=S(=O)([O-])C1CCC(C2CCCCC2)CC1.[Li+]. The van der Waals surface area contributed by atoms with Crippen LogP contribution >= 0.6 is 0 Å². The maximum absolute atomic E-state index is 10.9. The van der Waals surface area contributed by atoms with E-state index in [9.17, 15) is 13.0 Å². The maximum Gasteiger partial charge on any atom is 1.00 e. The van der Waals surface area contributed by atoms with Crippen LogP contribution in [-0.4, -0.2) is 18.2 Å². The van der Waals surface area contributed by atoms with Crippen molar-refractivity contribution in [2.45, 2.75) is 63.0 Å². The minimum atomic E-state index is -4.03. The average Bonchev–Trinajstić information content (AvgIpc) is 2.29.